The molecule has 0 N–H and O–H groups in total. The quantitative estimate of drug-likeness (QED) is 0.525. The molecule has 34 heavy (non-hydrogen) atoms. The van der Waals surface area contributed by atoms with Crippen LogP contribution in [0.2, 0.25) is 5.02 Å². The molecule has 2 aliphatic rings. The Morgan fingerprint density at radius 3 is 2.56 bits per heavy atom. The van der Waals surface area contributed by atoms with Crippen molar-refractivity contribution in [3.63, 3.8) is 0 Å². The zero-order valence-corrected chi connectivity index (χ0v) is 20.2. The van der Waals surface area contributed by atoms with Crippen molar-refractivity contribution in [1.29, 1.82) is 0 Å². The van der Waals surface area contributed by atoms with Crippen LogP contribution in [-0.4, -0.2) is 30.1 Å². The average molecular weight is 494 g/mol. The number of ether oxygens (including phenoxy) is 1. The highest BCUT2D eigenvalue weighted by molar-refractivity contribution is 7.07. The highest BCUT2D eigenvalue weighted by Gasteiger charge is 2.37. The molecule has 1 amide bonds. The van der Waals surface area contributed by atoms with E-state index in [1.165, 1.54) is 11.7 Å². The number of hydrogen-bond donors (Lipinski definition) is 0. The lowest BCUT2D eigenvalue weighted by atomic mass is 9.96. The van der Waals surface area contributed by atoms with Crippen LogP contribution in [0.15, 0.2) is 69.6 Å². The molecule has 172 valence electrons. The van der Waals surface area contributed by atoms with Crippen molar-refractivity contribution in [2.75, 3.05) is 18.6 Å². The largest absolute Gasteiger partial charge is 0.466 e. The lowest BCUT2D eigenvalue weighted by Gasteiger charge is -2.25. The van der Waals surface area contributed by atoms with Gasteiger partial charge in [0.05, 0.1) is 29.6 Å². The Bertz CT molecular complexity index is 1580. The Morgan fingerprint density at radius 1 is 1.15 bits per heavy atom. The molecule has 0 aliphatic carbocycles. The highest BCUT2D eigenvalue weighted by Crippen LogP contribution is 2.36. The van der Waals surface area contributed by atoms with Gasteiger partial charge in [-0.25, -0.2) is 9.79 Å². The lowest BCUT2D eigenvalue weighted by Crippen LogP contribution is -2.41. The molecule has 0 saturated heterocycles. The van der Waals surface area contributed by atoms with Crippen molar-refractivity contribution in [2.45, 2.75) is 19.9 Å². The summed E-state index contributed by atoms with van der Waals surface area (Å²) in [7, 11) is 1.28. The minimum Gasteiger partial charge on any atom is -0.466 e. The summed E-state index contributed by atoms with van der Waals surface area (Å²) in [6.45, 7) is 4.07. The van der Waals surface area contributed by atoms with Gasteiger partial charge in [0.15, 0.2) is 4.80 Å². The Hall–Kier alpha value is -3.49. The van der Waals surface area contributed by atoms with Crippen molar-refractivity contribution in [1.82, 2.24) is 4.57 Å². The van der Waals surface area contributed by atoms with Crippen LogP contribution in [0, 0.1) is 0 Å². The van der Waals surface area contributed by atoms with Gasteiger partial charge in [-0.15, -0.1) is 0 Å². The van der Waals surface area contributed by atoms with Gasteiger partial charge in [0.25, 0.3) is 11.5 Å². The van der Waals surface area contributed by atoms with Crippen LogP contribution in [0.25, 0.3) is 5.57 Å². The summed E-state index contributed by atoms with van der Waals surface area (Å²) in [6.07, 6.45) is 0. The lowest BCUT2D eigenvalue weighted by molar-refractivity contribution is -0.136. The number of likely N-dealkylation sites (N-methyl/N-ethyl adjacent to an activating group) is 1. The van der Waals surface area contributed by atoms with Gasteiger partial charge in [-0.1, -0.05) is 59.3 Å². The Morgan fingerprint density at radius 2 is 1.85 bits per heavy atom. The zero-order valence-electron chi connectivity index (χ0n) is 18.7. The smallest absolute Gasteiger partial charge is 0.338 e. The van der Waals surface area contributed by atoms with Gasteiger partial charge >= 0.3 is 5.97 Å². The van der Waals surface area contributed by atoms with Crippen LogP contribution in [0.4, 0.5) is 5.69 Å². The maximum Gasteiger partial charge on any atom is 0.338 e. The first kappa shape index (κ1) is 22.3. The summed E-state index contributed by atoms with van der Waals surface area (Å²) in [6, 6.07) is 13.6. The van der Waals surface area contributed by atoms with E-state index in [2.05, 4.69) is 4.99 Å². The maximum atomic E-state index is 13.9. The van der Waals surface area contributed by atoms with Crippen molar-refractivity contribution in [3.8, 4) is 0 Å². The number of allylic oxidation sites excluding steroid dienone is 1. The van der Waals surface area contributed by atoms with Gasteiger partial charge in [-0.3, -0.25) is 14.2 Å². The van der Waals surface area contributed by atoms with Gasteiger partial charge in [0.2, 0.25) is 0 Å². The molecule has 5 rings (SSSR count). The summed E-state index contributed by atoms with van der Waals surface area (Å²) < 4.78 is 6.75. The molecule has 0 spiro atoms. The van der Waals surface area contributed by atoms with E-state index in [9.17, 15) is 14.4 Å². The minimum absolute atomic E-state index is 0.229. The van der Waals surface area contributed by atoms with Crippen molar-refractivity contribution < 1.29 is 14.3 Å². The topological polar surface area (TPSA) is 81.0 Å². The number of esters is 1. The number of carbonyl (C=O) groups excluding carboxylic acids is 2. The number of anilines is 1. The van der Waals surface area contributed by atoms with E-state index in [4.69, 9.17) is 16.3 Å². The SMILES string of the molecule is CCN1C(=O)C(=c2sc3n(c2=O)[C@H](c2ccccc2Cl)C(C(=O)OC)=C(C)N=3)c2ccccc21. The zero-order chi connectivity index (χ0) is 24.1. The van der Waals surface area contributed by atoms with Gasteiger partial charge in [0, 0.05) is 17.1 Å². The molecular formula is C25H20ClN3O4S. The number of aromatic nitrogens is 1. The third-order valence-electron chi connectivity index (χ3n) is 6.07. The number of amides is 1. The molecule has 2 aliphatic heterocycles. The number of rotatable bonds is 3. The number of methoxy groups -OCH3 is 1. The van der Waals surface area contributed by atoms with Crippen molar-refractivity contribution in [2.24, 2.45) is 4.99 Å². The van der Waals surface area contributed by atoms with Crippen LogP contribution in [0.3, 0.4) is 0 Å². The first-order valence-electron chi connectivity index (χ1n) is 10.7. The molecule has 7 nitrogen and oxygen atoms in total. The van der Waals surface area contributed by atoms with E-state index in [0.29, 0.717) is 38.8 Å². The summed E-state index contributed by atoms with van der Waals surface area (Å²) in [5.74, 6) is -0.823. The number of carbonyl (C=O) groups is 2. The monoisotopic (exact) mass is 493 g/mol. The number of fused-ring (bicyclic) bond motifs is 2. The molecule has 1 aromatic heterocycles. The molecule has 0 radical (unpaired) electrons. The number of halogens is 1. The first-order chi connectivity index (χ1) is 16.4. The predicted molar refractivity (Wildman–Crippen MR) is 131 cm³/mol. The number of benzene rings is 2. The van der Waals surface area contributed by atoms with E-state index >= 15 is 0 Å². The third-order valence-corrected chi connectivity index (χ3v) is 7.47. The average Bonchev–Trinajstić information content (AvgIpc) is 3.30. The Labute approximate surface area is 203 Å². The Balaban J connectivity index is 1.87. The van der Waals surface area contributed by atoms with Gasteiger partial charge in [-0.2, -0.15) is 0 Å². The fourth-order valence-corrected chi connectivity index (χ4v) is 5.92. The van der Waals surface area contributed by atoms with Gasteiger partial charge < -0.3 is 9.64 Å². The van der Waals surface area contributed by atoms with Gasteiger partial charge in [0.1, 0.15) is 10.6 Å². The predicted octanol–water partition coefficient (Wildman–Crippen LogP) is 2.80. The fourth-order valence-electron chi connectivity index (χ4n) is 4.55. The number of nitrogens with zero attached hydrogens (tertiary/aromatic N) is 3. The molecule has 0 fully saturated rings. The second kappa shape index (κ2) is 8.38. The Kier molecular flexibility index (Phi) is 5.50. The molecule has 0 unspecified atom stereocenters. The molecular weight excluding hydrogens is 474 g/mol. The molecule has 3 aromatic rings. The second-order valence-electron chi connectivity index (χ2n) is 7.86. The summed E-state index contributed by atoms with van der Waals surface area (Å²) in [5.41, 5.74) is 2.65. The summed E-state index contributed by atoms with van der Waals surface area (Å²) in [4.78, 5) is 46.7. The molecule has 2 aromatic carbocycles. The molecule has 3 heterocycles. The summed E-state index contributed by atoms with van der Waals surface area (Å²) in [5, 5.41) is 0.404. The number of hydrogen-bond acceptors (Lipinski definition) is 6. The van der Waals surface area contributed by atoms with Crippen molar-refractivity contribution >= 4 is 46.1 Å². The van der Waals surface area contributed by atoms with E-state index in [-0.39, 0.29) is 16.0 Å². The van der Waals surface area contributed by atoms with Crippen LogP contribution in [-0.2, 0) is 14.3 Å². The van der Waals surface area contributed by atoms with Crippen LogP contribution in [0.5, 0.6) is 0 Å². The molecule has 0 bridgehead atoms. The van der Waals surface area contributed by atoms with Crippen molar-refractivity contribution in [3.05, 3.63) is 95.6 Å². The van der Waals surface area contributed by atoms with Crippen LogP contribution < -0.4 is 19.8 Å². The highest BCUT2D eigenvalue weighted by atomic mass is 35.5. The van der Waals surface area contributed by atoms with Gasteiger partial charge in [-0.05, 0) is 31.5 Å². The molecule has 1 atom stereocenters. The van der Waals surface area contributed by atoms with Crippen LogP contribution in [0.1, 0.15) is 31.0 Å². The summed E-state index contributed by atoms with van der Waals surface area (Å²) >= 11 is 7.65. The molecule has 9 heteroatoms. The fraction of sp³-hybridized carbons (Fsp3) is 0.200. The standard InChI is InChI=1S/C25H20ClN3O4S/c1-4-28-17-12-8-6-10-15(17)19(22(28)30)21-23(31)29-20(14-9-5-7-11-16(14)26)18(24(32)33-3)13(2)27-25(29)34-21/h5-12,20H,4H2,1-3H3/t20-/m1/s1. The van der Waals surface area contributed by atoms with E-state index in [1.54, 1.807) is 36.1 Å². The van der Waals surface area contributed by atoms with E-state index in [0.717, 1.165) is 17.0 Å². The molecule has 0 saturated carbocycles. The van der Waals surface area contributed by atoms with Crippen LogP contribution >= 0.6 is 22.9 Å². The number of thiazole rings is 1. The first-order valence-corrected chi connectivity index (χ1v) is 11.9. The third kappa shape index (κ3) is 3.17. The normalized spacial score (nSPS) is 18.5. The second-order valence-corrected chi connectivity index (χ2v) is 9.24. The number of para-hydroxylation sites is 1. The van der Waals surface area contributed by atoms with E-state index in [1.807, 2.05) is 31.2 Å². The maximum absolute atomic E-state index is 13.9. The minimum atomic E-state index is -0.833. The van der Waals surface area contributed by atoms with E-state index < -0.39 is 17.6 Å².